The summed E-state index contributed by atoms with van der Waals surface area (Å²) in [6.07, 6.45) is 4.47. The number of nitrogens with zero attached hydrogens (tertiary/aromatic N) is 2. The van der Waals surface area contributed by atoms with Gasteiger partial charge in [-0.15, -0.1) is 0 Å². The first-order chi connectivity index (χ1) is 30.7. The molecular weight excluding hydrogens is 899 g/mol. The van der Waals surface area contributed by atoms with Crippen molar-refractivity contribution in [2.75, 3.05) is 26.4 Å². The molecule has 2 saturated heterocycles. The summed E-state index contributed by atoms with van der Waals surface area (Å²) in [5.74, 6) is 0. The van der Waals surface area contributed by atoms with Crippen LogP contribution in [0.25, 0.3) is 0 Å². The topological polar surface area (TPSA) is 43.4 Å². The fourth-order valence-corrected chi connectivity index (χ4v) is 16.2. The average molecular weight is 959 g/mol. The SMILES string of the molecule is c1ccc(COC[C@H]2CC[C@H](COCc3ccccc3)N2Cc2ccccc2[Se][Se]c2ccccc2CN2[C@@H](COCc3ccccc3)CC[C@@H]2COCc2ccccc2)cc1. The fraction of sp³-hybridized carbons (Fsp3) is 0.333. The molecule has 62 heavy (non-hydrogen) atoms. The molecule has 0 unspecified atom stereocenters. The second kappa shape index (κ2) is 24.3. The summed E-state index contributed by atoms with van der Waals surface area (Å²) in [6.45, 7) is 7.29. The molecule has 8 heteroatoms. The maximum atomic E-state index is 6.40. The number of ether oxygens (including phenoxy) is 4. The van der Waals surface area contributed by atoms with Crippen LogP contribution in [0.4, 0.5) is 0 Å². The Morgan fingerprint density at radius 1 is 0.339 bits per heavy atom. The van der Waals surface area contributed by atoms with Gasteiger partial charge in [-0.3, -0.25) is 0 Å². The van der Waals surface area contributed by atoms with Gasteiger partial charge in [0.15, 0.2) is 0 Å². The predicted molar refractivity (Wildman–Crippen MR) is 253 cm³/mol. The normalized spacial score (nSPS) is 19.3. The Balaban J connectivity index is 0.933. The quantitative estimate of drug-likeness (QED) is 0.0601. The first-order valence-corrected chi connectivity index (χ1v) is 28.3. The Morgan fingerprint density at radius 2 is 0.597 bits per heavy atom. The van der Waals surface area contributed by atoms with Gasteiger partial charge in [0.05, 0.1) is 0 Å². The third-order valence-electron chi connectivity index (χ3n) is 12.1. The molecule has 8 rings (SSSR count). The van der Waals surface area contributed by atoms with Crippen LogP contribution in [-0.2, 0) is 58.5 Å². The van der Waals surface area contributed by atoms with E-state index in [0.29, 0.717) is 76.9 Å². The summed E-state index contributed by atoms with van der Waals surface area (Å²) >= 11 is 0.638. The van der Waals surface area contributed by atoms with Crippen LogP contribution in [0.5, 0.6) is 0 Å². The molecule has 2 heterocycles. The molecule has 6 aromatic carbocycles. The molecule has 6 aromatic rings. The molecule has 0 saturated carbocycles. The molecule has 6 nitrogen and oxygen atoms in total. The molecule has 0 spiro atoms. The summed E-state index contributed by atoms with van der Waals surface area (Å²) in [5, 5.41) is 0. The van der Waals surface area contributed by atoms with Crippen LogP contribution in [0.3, 0.4) is 0 Å². The van der Waals surface area contributed by atoms with E-state index in [-0.39, 0.29) is 0 Å². The van der Waals surface area contributed by atoms with E-state index >= 15 is 0 Å². The first kappa shape index (κ1) is 44.7. The molecule has 0 aliphatic carbocycles. The van der Waals surface area contributed by atoms with Crippen LogP contribution >= 0.6 is 0 Å². The number of likely N-dealkylation sites (tertiary alicyclic amines) is 2. The Labute approximate surface area is 380 Å². The van der Waals surface area contributed by atoms with E-state index in [2.05, 4.69) is 180 Å². The number of hydrogen-bond donors (Lipinski definition) is 0. The van der Waals surface area contributed by atoms with Gasteiger partial charge in [0, 0.05) is 0 Å². The predicted octanol–water partition coefficient (Wildman–Crippen LogP) is 8.49. The van der Waals surface area contributed by atoms with Gasteiger partial charge < -0.3 is 0 Å². The molecule has 2 fully saturated rings. The number of hydrogen-bond acceptors (Lipinski definition) is 6. The average Bonchev–Trinajstić information content (AvgIpc) is 3.89. The van der Waals surface area contributed by atoms with Gasteiger partial charge in [-0.25, -0.2) is 0 Å². The van der Waals surface area contributed by atoms with E-state index in [1.807, 2.05) is 0 Å². The van der Waals surface area contributed by atoms with Crippen molar-refractivity contribution in [3.63, 3.8) is 0 Å². The Morgan fingerprint density at radius 3 is 0.887 bits per heavy atom. The zero-order chi connectivity index (χ0) is 42.0. The zero-order valence-electron chi connectivity index (χ0n) is 35.7. The first-order valence-electron chi connectivity index (χ1n) is 22.2. The van der Waals surface area contributed by atoms with Crippen LogP contribution in [0.15, 0.2) is 170 Å². The monoisotopic (exact) mass is 960 g/mol. The molecule has 0 N–H and O–H groups in total. The van der Waals surface area contributed by atoms with Crippen molar-refractivity contribution in [2.45, 2.75) is 89.4 Å². The van der Waals surface area contributed by atoms with Crippen molar-refractivity contribution >= 4 is 35.2 Å². The van der Waals surface area contributed by atoms with E-state index in [1.54, 1.807) is 0 Å². The third-order valence-corrected chi connectivity index (χ3v) is 19.5. The second-order valence-corrected chi connectivity index (χ2v) is 22.7. The van der Waals surface area contributed by atoms with E-state index in [1.165, 1.54) is 42.3 Å². The van der Waals surface area contributed by atoms with Gasteiger partial charge in [-0.2, -0.15) is 0 Å². The second-order valence-electron chi connectivity index (χ2n) is 16.5. The Hall–Kier alpha value is -3.88. The van der Waals surface area contributed by atoms with Gasteiger partial charge >= 0.3 is 383 Å². The van der Waals surface area contributed by atoms with Crippen LogP contribution in [0.1, 0.15) is 59.1 Å². The van der Waals surface area contributed by atoms with Crippen LogP contribution in [0, 0.1) is 0 Å². The molecule has 2 aliphatic rings. The molecule has 2 aliphatic heterocycles. The van der Waals surface area contributed by atoms with Gasteiger partial charge in [-0.1, -0.05) is 0 Å². The van der Waals surface area contributed by atoms with Gasteiger partial charge in [0.25, 0.3) is 0 Å². The molecule has 4 atom stereocenters. The van der Waals surface area contributed by atoms with Gasteiger partial charge in [0.2, 0.25) is 0 Å². The van der Waals surface area contributed by atoms with Gasteiger partial charge in [-0.05, 0) is 0 Å². The van der Waals surface area contributed by atoms with E-state index < -0.39 is 0 Å². The fourth-order valence-electron chi connectivity index (χ4n) is 8.72. The maximum absolute atomic E-state index is 6.40. The van der Waals surface area contributed by atoms with Crippen molar-refractivity contribution in [1.29, 1.82) is 0 Å². The van der Waals surface area contributed by atoms with E-state index in [9.17, 15) is 0 Å². The Kier molecular flexibility index (Phi) is 17.5. The van der Waals surface area contributed by atoms with E-state index in [0.717, 1.165) is 65.2 Å². The molecule has 0 bridgehead atoms. The van der Waals surface area contributed by atoms with Crippen molar-refractivity contribution in [2.24, 2.45) is 0 Å². The minimum absolute atomic E-state index is 0.319. The molecule has 0 amide bonds. The number of rotatable bonds is 23. The molecule has 0 radical (unpaired) electrons. The van der Waals surface area contributed by atoms with Crippen LogP contribution in [-0.4, -0.2) is 86.7 Å². The summed E-state index contributed by atoms with van der Waals surface area (Å²) < 4.78 is 28.6. The van der Waals surface area contributed by atoms with Crippen molar-refractivity contribution in [3.05, 3.63) is 203 Å². The van der Waals surface area contributed by atoms with Crippen LogP contribution in [0.2, 0.25) is 0 Å². The summed E-state index contributed by atoms with van der Waals surface area (Å²) in [5.41, 5.74) is 7.77. The summed E-state index contributed by atoms with van der Waals surface area (Å²) in [6, 6.07) is 62.0. The van der Waals surface area contributed by atoms with Crippen molar-refractivity contribution in [3.8, 4) is 0 Å². The third kappa shape index (κ3) is 13.3. The van der Waals surface area contributed by atoms with Gasteiger partial charge in [0.1, 0.15) is 0 Å². The number of benzene rings is 6. The molecule has 322 valence electrons. The van der Waals surface area contributed by atoms with Crippen LogP contribution < -0.4 is 8.92 Å². The molecular formula is C54H60N2O4Se2. The van der Waals surface area contributed by atoms with E-state index in [4.69, 9.17) is 18.9 Å². The Bertz CT molecular complexity index is 1920. The zero-order valence-corrected chi connectivity index (χ0v) is 39.1. The molecule has 0 aromatic heterocycles. The minimum atomic E-state index is 0.319. The summed E-state index contributed by atoms with van der Waals surface area (Å²) in [4.78, 5) is 5.39. The standard InChI is InChI=1S/C54H60N2O4Se2/c1-5-17-43(18-6-1)35-57-39-49-29-30-50(40-58-36-44-19-7-2-8-20-44)55(49)33-47-25-13-15-27-53(47)61-62-54-28-16-14-26-48(54)34-56-51(41-59-37-45-21-9-3-10-22-45)31-32-52(56)42-60-38-46-23-11-4-12-24-46/h1-28,49-52H,29-42H2/t49-,50-,51-,52-/m1/s1. The van der Waals surface area contributed by atoms with Crippen molar-refractivity contribution < 1.29 is 18.9 Å². The van der Waals surface area contributed by atoms with Crippen molar-refractivity contribution in [1.82, 2.24) is 9.80 Å². The summed E-state index contributed by atoms with van der Waals surface area (Å²) in [7, 11) is 0.